The molecule has 430 valence electrons. The highest BCUT2D eigenvalue weighted by Gasteiger charge is 2.51. The van der Waals surface area contributed by atoms with Crippen LogP contribution in [0.1, 0.15) is 251 Å². The van der Waals surface area contributed by atoms with E-state index < -0.39 is 86.8 Å². The molecule has 0 aliphatic carbocycles. The Kier molecular flexibility index (Phi) is 42.1. The van der Waals surface area contributed by atoms with Gasteiger partial charge in [0.15, 0.2) is 12.6 Å². The van der Waals surface area contributed by atoms with Crippen LogP contribution in [-0.4, -0.2) is 140 Å². The van der Waals surface area contributed by atoms with Gasteiger partial charge >= 0.3 is 0 Å². The topological polar surface area (TPSA) is 228 Å². The number of unbranched alkanes of at least 4 members (excludes halogenated alkanes) is 31. The summed E-state index contributed by atoms with van der Waals surface area (Å²) >= 11 is 0. The van der Waals surface area contributed by atoms with Gasteiger partial charge in [0.05, 0.1) is 32.0 Å². The minimum Gasteiger partial charge on any atom is -0.394 e. The Morgan fingerprint density at radius 1 is 0.493 bits per heavy atom. The third-order valence-corrected chi connectivity index (χ3v) is 14.9. The van der Waals surface area contributed by atoms with Crippen molar-refractivity contribution in [3.8, 4) is 0 Å². The fourth-order valence-electron chi connectivity index (χ4n) is 10.0. The van der Waals surface area contributed by atoms with E-state index in [2.05, 4.69) is 43.5 Å². The van der Waals surface area contributed by atoms with E-state index in [0.717, 1.165) is 57.8 Å². The molecule has 2 fully saturated rings. The fourth-order valence-corrected chi connectivity index (χ4v) is 10.0. The van der Waals surface area contributed by atoms with Gasteiger partial charge in [0.1, 0.15) is 48.8 Å². The highest BCUT2D eigenvalue weighted by Crippen LogP contribution is 2.30. The number of hydrogen-bond acceptors (Lipinski definition) is 13. The molecule has 12 atom stereocenters. The normalized spacial score (nSPS) is 25.5. The molecule has 0 aromatic rings. The van der Waals surface area contributed by atoms with E-state index in [-0.39, 0.29) is 12.5 Å². The van der Waals surface area contributed by atoms with E-state index in [1.54, 1.807) is 0 Å². The van der Waals surface area contributed by atoms with Gasteiger partial charge in [0.2, 0.25) is 5.91 Å². The Morgan fingerprint density at radius 3 is 1.38 bits per heavy atom. The Bertz CT molecular complexity index is 1320. The number of aliphatic hydroxyl groups is 8. The molecule has 2 rings (SSSR count). The van der Waals surface area contributed by atoms with E-state index in [0.29, 0.717) is 19.3 Å². The largest absolute Gasteiger partial charge is 0.394 e. The molecule has 12 unspecified atom stereocenters. The Hall–Kier alpha value is -1.53. The quantitative estimate of drug-likeness (QED) is 0.0204. The first kappa shape index (κ1) is 67.6. The Labute approximate surface area is 443 Å². The number of hydrogen-bond donors (Lipinski definition) is 9. The summed E-state index contributed by atoms with van der Waals surface area (Å²) in [5, 5.41) is 87.3. The average molecular weight is 1040 g/mol. The highest BCUT2D eigenvalue weighted by molar-refractivity contribution is 5.76. The first-order chi connectivity index (χ1) is 35.6. The minimum absolute atomic E-state index is 0.212. The Balaban J connectivity index is 1.76. The van der Waals surface area contributed by atoms with Crippen LogP contribution in [0.3, 0.4) is 0 Å². The van der Waals surface area contributed by atoms with Crippen molar-refractivity contribution >= 4 is 5.91 Å². The molecule has 0 aromatic heterocycles. The molecular weight excluding hydrogens is 931 g/mol. The molecule has 14 nitrogen and oxygen atoms in total. The van der Waals surface area contributed by atoms with Gasteiger partial charge in [0, 0.05) is 6.42 Å². The van der Waals surface area contributed by atoms with Crippen molar-refractivity contribution in [2.24, 2.45) is 0 Å². The molecule has 14 heteroatoms. The van der Waals surface area contributed by atoms with E-state index in [9.17, 15) is 45.6 Å². The number of carbonyl (C=O) groups excluding carboxylic acids is 1. The molecule has 0 bridgehead atoms. The summed E-state index contributed by atoms with van der Waals surface area (Å²) < 4.78 is 22.8. The van der Waals surface area contributed by atoms with Crippen molar-refractivity contribution < 1.29 is 64.6 Å². The summed E-state index contributed by atoms with van der Waals surface area (Å²) in [5.41, 5.74) is 0. The summed E-state index contributed by atoms with van der Waals surface area (Å²) in [5.74, 6) is -0.212. The van der Waals surface area contributed by atoms with E-state index >= 15 is 0 Å². The second-order valence-electron chi connectivity index (χ2n) is 21.5. The van der Waals surface area contributed by atoms with Crippen LogP contribution in [0.2, 0.25) is 0 Å². The van der Waals surface area contributed by atoms with Crippen molar-refractivity contribution in [3.05, 3.63) is 24.3 Å². The lowest BCUT2D eigenvalue weighted by Gasteiger charge is -2.46. The van der Waals surface area contributed by atoms with Crippen LogP contribution >= 0.6 is 0 Å². The number of rotatable bonds is 48. The van der Waals surface area contributed by atoms with Crippen molar-refractivity contribution in [1.82, 2.24) is 5.32 Å². The summed E-state index contributed by atoms with van der Waals surface area (Å²) in [7, 11) is 0. The van der Waals surface area contributed by atoms with Gasteiger partial charge in [-0.3, -0.25) is 4.79 Å². The molecule has 0 radical (unpaired) electrons. The molecule has 2 aliphatic heterocycles. The van der Waals surface area contributed by atoms with Crippen LogP contribution in [0, 0.1) is 0 Å². The molecule has 9 N–H and O–H groups in total. The number of amides is 1. The maximum atomic E-state index is 13.3. The zero-order valence-corrected chi connectivity index (χ0v) is 46.1. The fraction of sp³-hybridized carbons (Fsp3) is 0.915. The zero-order chi connectivity index (χ0) is 53.2. The smallest absolute Gasteiger partial charge is 0.220 e. The van der Waals surface area contributed by atoms with Gasteiger partial charge < -0.3 is 65.1 Å². The van der Waals surface area contributed by atoms with Gasteiger partial charge in [-0.2, -0.15) is 0 Å². The van der Waals surface area contributed by atoms with Crippen LogP contribution in [0.15, 0.2) is 24.3 Å². The zero-order valence-electron chi connectivity index (χ0n) is 46.1. The predicted octanol–water partition coefficient (Wildman–Crippen LogP) is 10.1. The second-order valence-corrected chi connectivity index (χ2v) is 21.5. The Morgan fingerprint density at radius 2 is 0.904 bits per heavy atom. The number of aliphatic hydroxyl groups excluding tert-OH is 8. The maximum Gasteiger partial charge on any atom is 0.220 e. The summed E-state index contributed by atoms with van der Waals surface area (Å²) in [6.07, 6.45) is 36.0. The minimum atomic E-state index is -1.78. The lowest BCUT2D eigenvalue weighted by atomic mass is 9.97. The maximum absolute atomic E-state index is 13.3. The van der Waals surface area contributed by atoms with Crippen molar-refractivity contribution in [3.63, 3.8) is 0 Å². The third kappa shape index (κ3) is 31.5. The van der Waals surface area contributed by atoms with E-state index in [4.69, 9.17) is 18.9 Å². The molecule has 0 saturated carbocycles. The highest BCUT2D eigenvalue weighted by atomic mass is 16.7. The average Bonchev–Trinajstić information content (AvgIpc) is 3.39. The summed E-state index contributed by atoms with van der Waals surface area (Å²) in [6, 6.07) is -0.832. The molecular formula is C59H111NO13. The number of allylic oxidation sites excluding steroid dienone is 4. The molecule has 2 heterocycles. The van der Waals surface area contributed by atoms with E-state index in [1.165, 1.54) is 161 Å². The van der Waals surface area contributed by atoms with E-state index in [1.807, 2.05) is 0 Å². The lowest BCUT2D eigenvalue weighted by Crippen LogP contribution is -2.65. The van der Waals surface area contributed by atoms with Gasteiger partial charge in [-0.15, -0.1) is 0 Å². The molecule has 1 amide bonds. The molecule has 0 spiro atoms. The van der Waals surface area contributed by atoms with Crippen LogP contribution < -0.4 is 5.32 Å². The molecule has 2 aliphatic rings. The van der Waals surface area contributed by atoms with Crippen molar-refractivity contribution in [2.45, 2.75) is 325 Å². The molecule has 0 aromatic carbocycles. The second kappa shape index (κ2) is 45.5. The number of nitrogens with one attached hydrogen (secondary N) is 1. The predicted molar refractivity (Wildman–Crippen MR) is 291 cm³/mol. The van der Waals surface area contributed by atoms with Gasteiger partial charge in [0.25, 0.3) is 0 Å². The standard InChI is InChI=1S/C59H111NO13/c1-3-5-7-9-11-13-15-17-19-21-23-24-25-26-28-30-32-34-36-38-40-42-48(63)47(60-51(64)43-41-39-37-35-33-31-29-27-22-20-18-16-14-12-10-8-6-4-2)46-70-58-56(69)54(67)57(50(45-62)72-58)73-59-55(68)53(66)52(65)49(44-61)71-59/h14,16,20,22,47-50,52-59,61-63,65-69H,3-13,15,17-19,21,23-46H2,1-2H3,(H,60,64)/b16-14-,22-20-. The summed E-state index contributed by atoms with van der Waals surface area (Å²) in [4.78, 5) is 13.3. The monoisotopic (exact) mass is 1040 g/mol. The molecule has 2 saturated heterocycles. The van der Waals surface area contributed by atoms with Crippen LogP contribution in [0.5, 0.6) is 0 Å². The van der Waals surface area contributed by atoms with Crippen LogP contribution in [0.25, 0.3) is 0 Å². The van der Waals surface area contributed by atoms with Gasteiger partial charge in [-0.1, -0.05) is 224 Å². The van der Waals surface area contributed by atoms with Crippen LogP contribution in [0.4, 0.5) is 0 Å². The SMILES string of the molecule is CCCCCC/C=C\C/C=C\CCCCCCCCCC(=O)NC(COC1OC(CO)C(OC2OC(CO)C(O)C(O)C2O)C(O)C1O)C(O)CCCCCCCCCCCCCCCCCCCCCCC. The first-order valence-corrected chi connectivity index (χ1v) is 30.1. The molecule has 73 heavy (non-hydrogen) atoms. The lowest BCUT2D eigenvalue weighted by molar-refractivity contribution is -0.359. The third-order valence-electron chi connectivity index (χ3n) is 14.9. The summed E-state index contributed by atoms with van der Waals surface area (Å²) in [6.45, 7) is 2.86. The van der Waals surface area contributed by atoms with Crippen molar-refractivity contribution in [2.75, 3.05) is 19.8 Å². The van der Waals surface area contributed by atoms with Crippen LogP contribution in [-0.2, 0) is 23.7 Å². The number of carbonyl (C=O) groups is 1. The van der Waals surface area contributed by atoms with Gasteiger partial charge in [-0.25, -0.2) is 0 Å². The number of ether oxygens (including phenoxy) is 4. The first-order valence-electron chi connectivity index (χ1n) is 30.1. The van der Waals surface area contributed by atoms with Crippen molar-refractivity contribution in [1.29, 1.82) is 0 Å². The van der Waals surface area contributed by atoms with Gasteiger partial charge in [-0.05, 0) is 44.9 Å².